The van der Waals surface area contributed by atoms with Gasteiger partial charge in [-0.1, -0.05) is 31.2 Å². The third-order valence-corrected chi connectivity index (χ3v) is 13.1. The lowest BCUT2D eigenvalue weighted by molar-refractivity contribution is -0.140. The lowest BCUT2D eigenvalue weighted by Crippen LogP contribution is -2.52. The number of carbonyl (C=O) groups is 8. The monoisotopic (exact) mass is 1100 g/mol. The molecule has 4 rings (SSSR count). The van der Waals surface area contributed by atoms with E-state index in [1.165, 1.54) is 6.07 Å². The van der Waals surface area contributed by atoms with E-state index in [0.717, 1.165) is 4.90 Å². The topological polar surface area (TPSA) is 355 Å². The first-order valence-corrected chi connectivity index (χ1v) is 25.9. The molecule has 2 aromatic rings. The van der Waals surface area contributed by atoms with Crippen molar-refractivity contribution in [2.24, 2.45) is 10.7 Å². The molecular weight excluding hydrogens is 1020 g/mol. The van der Waals surface area contributed by atoms with Gasteiger partial charge in [-0.05, 0) is 68.0 Å². The number of hydrogen-bond donors (Lipinski definition) is 10. The molecule has 2 heterocycles. The predicted octanol–water partition coefficient (Wildman–Crippen LogP) is -2.60. The number of unbranched alkanes of at least 4 members (excludes halogenated alkanes) is 2. The summed E-state index contributed by atoms with van der Waals surface area (Å²) in [4.78, 5) is 115. The Balaban J connectivity index is 0.00000401. The van der Waals surface area contributed by atoms with Gasteiger partial charge in [-0.25, -0.2) is 0 Å². The number of likely N-dealkylation sites (tertiary alicyclic amines) is 1. The van der Waals surface area contributed by atoms with E-state index in [1.807, 2.05) is 11.8 Å². The molecule has 2 aliphatic heterocycles. The molecule has 0 spiro atoms. The Morgan fingerprint density at radius 1 is 0.795 bits per heavy atom. The molecule has 432 valence electrons. The van der Waals surface area contributed by atoms with Crippen molar-refractivity contribution in [1.29, 1.82) is 0 Å². The molecule has 78 heavy (non-hydrogen) atoms. The van der Waals surface area contributed by atoms with Crippen LogP contribution in [0.25, 0.3) is 10.8 Å². The first-order valence-electron chi connectivity index (χ1n) is 25.9. The Morgan fingerprint density at radius 2 is 1.32 bits per heavy atom. The molecule has 0 saturated carbocycles. The minimum absolute atomic E-state index is 0.00364. The van der Waals surface area contributed by atoms with Crippen molar-refractivity contribution >= 4 is 71.8 Å². The van der Waals surface area contributed by atoms with Crippen LogP contribution in [0.3, 0.4) is 0 Å². The van der Waals surface area contributed by atoms with E-state index >= 15 is 0 Å². The average Bonchev–Trinajstić information content (AvgIpc) is 3.81. The van der Waals surface area contributed by atoms with Crippen LogP contribution in [0.1, 0.15) is 66.2 Å². The summed E-state index contributed by atoms with van der Waals surface area (Å²) in [6.45, 7) is 6.16. The summed E-state index contributed by atoms with van der Waals surface area (Å²) in [6, 6.07) is 9.15. The maximum Gasteiger partial charge on any atom is 0.475 e. The number of carboxylic acids is 2. The number of carbonyl (C=O) groups excluding carboxylic acids is 5. The van der Waals surface area contributed by atoms with Gasteiger partial charge < -0.3 is 71.8 Å². The highest BCUT2D eigenvalue weighted by Crippen LogP contribution is 2.25. The predicted molar refractivity (Wildman–Crippen MR) is 293 cm³/mol. The average molecular weight is 1100 g/mol. The van der Waals surface area contributed by atoms with Crippen molar-refractivity contribution in [3.8, 4) is 12.8 Å². The molecule has 2 saturated heterocycles. The van der Waals surface area contributed by atoms with E-state index in [1.54, 1.807) is 71.1 Å². The van der Waals surface area contributed by atoms with Crippen LogP contribution in [-0.4, -0.2) is 276 Å². The van der Waals surface area contributed by atoms with Crippen molar-refractivity contribution in [2.75, 3.05) is 132 Å². The maximum atomic E-state index is 13.8. The molecule has 0 unspecified atom stereocenters. The lowest BCUT2D eigenvalue weighted by atomic mass is 9.77. The van der Waals surface area contributed by atoms with E-state index in [9.17, 15) is 58.9 Å². The second-order valence-electron chi connectivity index (χ2n) is 18.9. The van der Waals surface area contributed by atoms with E-state index in [2.05, 4.69) is 38.7 Å². The number of terminal acetylenes is 1. The smallest absolute Gasteiger partial charge is 0.475 e. The van der Waals surface area contributed by atoms with Gasteiger partial charge in [-0.15, -0.1) is 12.8 Å². The molecule has 0 aliphatic carbocycles. The number of aliphatic hydroxyl groups excluding tert-OH is 1. The largest absolute Gasteiger partial charge is 0.483 e. The number of nitrogens with two attached hydrogens (primary N) is 1. The maximum absolute atomic E-state index is 13.8. The highest BCUT2D eigenvalue weighted by Gasteiger charge is 2.41. The number of carboxylic acid groups (broad SMARTS) is 3. The van der Waals surface area contributed by atoms with Crippen LogP contribution in [-0.2, 0) is 28.8 Å². The Hall–Kier alpha value is -6.93. The molecule has 0 aromatic heterocycles. The quantitative estimate of drug-likeness (QED) is 0.0129. The number of rotatable bonds is 24. The molecule has 5 amide bonds. The number of nitrogens with zero attached hydrogens (tertiary/aromatic N) is 8. The Bertz CT molecular complexity index is 2310. The second kappa shape index (κ2) is 36.2. The van der Waals surface area contributed by atoms with Crippen molar-refractivity contribution < 1.29 is 68.8 Å². The van der Waals surface area contributed by atoms with Crippen LogP contribution in [0.5, 0.6) is 0 Å². The Kier molecular flexibility index (Phi) is 31.2. The van der Waals surface area contributed by atoms with Crippen LogP contribution >= 0.6 is 0 Å². The highest BCUT2D eigenvalue weighted by atomic mass is 16.4. The Morgan fingerprint density at radius 3 is 1.85 bits per heavy atom. The fourth-order valence-corrected chi connectivity index (χ4v) is 8.84. The fourth-order valence-electron chi connectivity index (χ4n) is 8.84. The minimum atomic E-state index is -1.84. The molecule has 3 atom stereocenters. The number of aliphatic hydroxyl groups is 1. The molecule has 26 nitrogen and oxygen atoms in total. The summed E-state index contributed by atoms with van der Waals surface area (Å²) in [7, 11) is 3.38. The number of nitrogens with one attached hydrogen (secondary N) is 3. The van der Waals surface area contributed by atoms with Gasteiger partial charge in [0.25, 0.3) is 18.3 Å². The first-order chi connectivity index (χ1) is 37.2. The first kappa shape index (κ1) is 67.2. The molecule has 0 bridgehead atoms. The Labute approximate surface area is 456 Å². The molecule has 27 heteroatoms. The third-order valence-electron chi connectivity index (χ3n) is 13.1. The molecule has 2 aromatic carbocycles. The zero-order chi connectivity index (χ0) is 58.3. The van der Waals surface area contributed by atoms with Crippen molar-refractivity contribution in [3.63, 3.8) is 0 Å². The van der Waals surface area contributed by atoms with Gasteiger partial charge in [0.1, 0.15) is 6.04 Å². The van der Waals surface area contributed by atoms with Gasteiger partial charge in [-0.2, -0.15) is 0 Å². The number of aliphatic carboxylic acids is 2. The van der Waals surface area contributed by atoms with Gasteiger partial charge in [-0.3, -0.25) is 58.0 Å². The van der Waals surface area contributed by atoms with E-state index in [-0.39, 0.29) is 62.4 Å². The summed E-state index contributed by atoms with van der Waals surface area (Å²) in [5.41, 5.74) is 6.59. The normalized spacial score (nSPS) is 17.3. The van der Waals surface area contributed by atoms with Crippen LogP contribution < -0.4 is 21.7 Å². The SMILES string of the molecule is C#C.CCN1CCN(CC(=O)O)CCN(CC(=O)O)CCN(CC(=O)N[C@@H](CCCN=C(N)N(C)C)C(=O)NCCCCCN(C)C(=O)c2ccc(C(=O)NCC(=O)N3C[C@@H](O)C[C@H]3B(O)O)c3ccccc23)CC1.O=CO. The van der Waals surface area contributed by atoms with Gasteiger partial charge in [0.05, 0.1) is 38.2 Å². The number of hydrogen-bond acceptors (Lipinski definition) is 16. The molecule has 0 radical (unpaired) electrons. The molecule has 2 fully saturated rings. The van der Waals surface area contributed by atoms with Gasteiger partial charge in [0.15, 0.2) is 5.96 Å². The number of guanidine groups is 1. The fraction of sp³-hybridized carbons (Fsp3) is 0.588. The van der Waals surface area contributed by atoms with E-state index in [0.29, 0.717) is 133 Å². The van der Waals surface area contributed by atoms with Crippen LogP contribution in [0.15, 0.2) is 41.4 Å². The number of amides is 5. The standard InChI is InChI=1S/C48H77BN12O12.C2H2.CH2O2/c1-5-57-20-22-58(24-25-60(33-44(67)68)27-26-59(23-21-57)32-43(65)66)31-41(63)54-39(14-11-18-52-48(50)55(2)3)46(70)51-17-9-6-10-19-56(4)47(71)38-16-15-37(35-12-7-8-13-36(35)38)45(69)53-29-42(64)61-30-34(62)28-40(61)49(72)73;1-2;2-1-3/h7-8,12-13,15-16,34,39-40,62,72-73H,5-6,9-11,14,17-33H2,1-4H3,(H2,50,52)(H,51,70)(H,53,69)(H,54,63)(H,65,66)(H,67,68);1-2H;1H,(H,2,3)/t34-,39-,40-;;/m0../s1. The summed E-state index contributed by atoms with van der Waals surface area (Å²) in [6.07, 6.45) is 9.72. The summed E-state index contributed by atoms with van der Waals surface area (Å²) in [5, 5.41) is 64.7. The lowest BCUT2D eigenvalue weighted by Gasteiger charge is -2.33. The van der Waals surface area contributed by atoms with Crippen LogP contribution in [0.4, 0.5) is 0 Å². The van der Waals surface area contributed by atoms with Crippen molar-refractivity contribution in [2.45, 2.75) is 63.5 Å². The molecule has 2 aliphatic rings. The number of aliphatic imine (C=N–C) groups is 1. The zero-order valence-electron chi connectivity index (χ0n) is 45.4. The second-order valence-corrected chi connectivity index (χ2v) is 18.9. The molecule has 11 N–H and O–H groups in total. The highest BCUT2D eigenvalue weighted by molar-refractivity contribution is 6.43. The summed E-state index contributed by atoms with van der Waals surface area (Å²) < 4.78 is 0. The van der Waals surface area contributed by atoms with Crippen LogP contribution in [0.2, 0.25) is 0 Å². The number of benzene rings is 2. The number of β-amino-alcohol motifs (C(OH)–C–C–N with tert-alkyl or cyclic N) is 1. The summed E-state index contributed by atoms with van der Waals surface area (Å²) >= 11 is 0. The molecular formula is C51H81BN12O14. The zero-order valence-corrected chi connectivity index (χ0v) is 45.4. The van der Waals surface area contributed by atoms with Gasteiger partial charge in [0, 0.05) is 111 Å². The number of fused-ring (bicyclic) bond motifs is 1. The van der Waals surface area contributed by atoms with Gasteiger partial charge in [0.2, 0.25) is 17.7 Å². The van der Waals surface area contributed by atoms with Crippen molar-refractivity contribution in [3.05, 3.63) is 47.5 Å². The van der Waals surface area contributed by atoms with Crippen molar-refractivity contribution in [1.82, 2.24) is 50.2 Å². The number of likely N-dealkylation sites (N-methyl/N-ethyl adjacent to an activating group) is 1. The van der Waals surface area contributed by atoms with Gasteiger partial charge >= 0.3 is 19.1 Å². The van der Waals surface area contributed by atoms with Crippen LogP contribution in [0, 0.1) is 12.8 Å². The van der Waals surface area contributed by atoms with E-state index in [4.69, 9.17) is 15.6 Å². The van der Waals surface area contributed by atoms with E-state index < -0.39 is 55.5 Å². The minimum Gasteiger partial charge on any atom is -0.483 e. The summed E-state index contributed by atoms with van der Waals surface area (Å²) in [5.74, 6) is -4.75. The third kappa shape index (κ3) is 23.8.